The molecule has 0 N–H and O–H groups in total. The van der Waals surface area contributed by atoms with Crippen molar-refractivity contribution in [1.29, 1.82) is 0 Å². The van der Waals surface area contributed by atoms with Crippen molar-refractivity contribution in [3.8, 4) is 0 Å². The summed E-state index contributed by atoms with van der Waals surface area (Å²) in [5.41, 5.74) is 0.470. The molecule has 1 saturated heterocycles. The molecule has 3 nitrogen and oxygen atoms in total. The molecule has 1 aromatic rings. The molecule has 6 heteroatoms. The molecule has 0 radical (unpaired) electrons. The summed E-state index contributed by atoms with van der Waals surface area (Å²) < 4.78 is 13.0. The highest BCUT2D eigenvalue weighted by Gasteiger charge is 2.66. The van der Waals surface area contributed by atoms with Crippen LogP contribution >= 0.6 is 31.9 Å². The number of hydrogen-bond acceptors (Lipinski definition) is 2. The molecular formula is C15H12Br2FNO2. The number of carbonyl (C=O) groups excluding carboxylic acids is 2. The van der Waals surface area contributed by atoms with Crippen LogP contribution in [0.3, 0.4) is 0 Å². The maximum absolute atomic E-state index is 13.0. The average Bonchev–Trinajstić information content (AvgIpc) is 3.06. The quantitative estimate of drug-likeness (QED) is 0.521. The Balaban J connectivity index is 1.73. The van der Waals surface area contributed by atoms with Crippen molar-refractivity contribution in [1.82, 2.24) is 0 Å². The zero-order valence-electron chi connectivity index (χ0n) is 10.9. The fourth-order valence-corrected chi connectivity index (χ4v) is 6.07. The highest BCUT2D eigenvalue weighted by molar-refractivity contribution is 9.12. The van der Waals surface area contributed by atoms with E-state index in [1.165, 1.54) is 29.2 Å². The second-order valence-corrected chi connectivity index (χ2v) is 8.11. The van der Waals surface area contributed by atoms with Crippen molar-refractivity contribution in [2.75, 3.05) is 4.90 Å². The Morgan fingerprint density at radius 1 is 0.952 bits per heavy atom. The van der Waals surface area contributed by atoms with Crippen LogP contribution in [0, 0.1) is 29.5 Å². The third kappa shape index (κ3) is 1.75. The number of hydrogen-bond donors (Lipinski definition) is 0. The molecule has 2 amide bonds. The van der Waals surface area contributed by atoms with Gasteiger partial charge in [-0.15, -0.1) is 0 Å². The predicted molar refractivity (Wildman–Crippen MR) is 82.9 cm³/mol. The number of carbonyl (C=O) groups is 2. The number of halogens is 3. The molecule has 0 spiro atoms. The fourth-order valence-electron chi connectivity index (χ4n) is 4.19. The van der Waals surface area contributed by atoms with E-state index in [4.69, 9.17) is 0 Å². The molecule has 0 aromatic heterocycles. The first-order valence-electron chi connectivity index (χ1n) is 6.92. The second kappa shape index (κ2) is 4.62. The number of alkyl halides is 2. The molecule has 1 aliphatic heterocycles. The standard InChI is InChI=1S/C15H12Br2FNO2/c16-12-8-5-9(13(12)17)11-10(8)14(20)19(15(11)21)7-3-1-6(18)2-4-7/h1-4,8-13H,5H2/t8-,9-,10-,11+,12-,13+/m0/s1. The third-order valence-corrected chi connectivity index (χ3v) is 8.28. The van der Waals surface area contributed by atoms with Crippen molar-refractivity contribution < 1.29 is 14.0 Å². The highest BCUT2D eigenvalue weighted by Crippen LogP contribution is 2.60. The summed E-state index contributed by atoms with van der Waals surface area (Å²) in [6, 6.07) is 5.54. The molecule has 3 fully saturated rings. The minimum absolute atomic E-state index is 0.132. The number of nitrogens with zero attached hydrogens (tertiary/aromatic N) is 1. The number of benzene rings is 1. The number of amides is 2. The van der Waals surface area contributed by atoms with Crippen LogP contribution < -0.4 is 4.90 Å². The molecule has 4 rings (SSSR count). The molecule has 6 atom stereocenters. The number of imide groups is 1. The van der Waals surface area contributed by atoms with Crippen LogP contribution in [0.15, 0.2) is 24.3 Å². The number of rotatable bonds is 1. The Bertz CT molecular complexity index is 603. The zero-order chi connectivity index (χ0) is 14.9. The van der Waals surface area contributed by atoms with Gasteiger partial charge in [0.25, 0.3) is 0 Å². The van der Waals surface area contributed by atoms with Gasteiger partial charge >= 0.3 is 0 Å². The van der Waals surface area contributed by atoms with Crippen LogP contribution in [0.25, 0.3) is 0 Å². The van der Waals surface area contributed by atoms with E-state index in [0.29, 0.717) is 5.69 Å². The molecule has 0 unspecified atom stereocenters. The van der Waals surface area contributed by atoms with Gasteiger partial charge in [0.1, 0.15) is 5.82 Å². The summed E-state index contributed by atoms with van der Waals surface area (Å²) in [6.45, 7) is 0. The topological polar surface area (TPSA) is 37.4 Å². The minimum Gasteiger partial charge on any atom is -0.274 e. The van der Waals surface area contributed by atoms with E-state index in [-0.39, 0.29) is 51.0 Å². The van der Waals surface area contributed by atoms with Gasteiger partial charge in [-0.2, -0.15) is 0 Å². The normalized spacial score (nSPS) is 41.0. The summed E-state index contributed by atoms with van der Waals surface area (Å²) in [5, 5.41) is 0. The van der Waals surface area contributed by atoms with E-state index < -0.39 is 0 Å². The summed E-state index contributed by atoms with van der Waals surface area (Å²) in [5.74, 6) is -0.700. The number of fused-ring (bicyclic) bond motifs is 5. The molecular weight excluding hydrogens is 405 g/mol. The minimum atomic E-state index is -0.376. The van der Waals surface area contributed by atoms with E-state index in [1.807, 2.05) is 0 Å². The lowest BCUT2D eigenvalue weighted by molar-refractivity contribution is -0.123. The monoisotopic (exact) mass is 415 g/mol. The van der Waals surface area contributed by atoms with E-state index in [1.54, 1.807) is 0 Å². The molecule has 2 saturated carbocycles. The predicted octanol–water partition coefficient (Wildman–Crippen LogP) is 3.11. The molecule has 3 aliphatic rings. The average molecular weight is 417 g/mol. The number of anilines is 1. The van der Waals surface area contributed by atoms with E-state index in [2.05, 4.69) is 31.9 Å². The Morgan fingerprint density at radius 2 is 1.43 bits per heavy atom. The van der Waals surface area contributed by atoms with Crippen molar-refractivity contribution in [2.45, 2.75) is 16.1 Å². The van der Waals surface area contributed by atoms with E-state index >= 15 is 0 Å². The summed E-state index contributed by atoms with van der Waals surface area (Å²) >= 11 is 7.30. The van der Waals surface area contributed by atoms with Gasteiger partial charge in [-0.25, -0.2) is 4.39 Å². The van der Waals surface area contributed by atoms with Gasteiger partial charge in [-0.1, -0.05) is 31.9 Å². The zero-order valence-corrected chi connectivity index (χ0v) is 14.1. The van der Waals surface area contributed by atoms with E-state index in [9.17, 15) is 14.0 Å². The SMILES string of the molecule is O=C1[C@@H]2[C@@H]3C[C@H]([C@H](Br)[C@@H]3Br)[C@@H]2C(=O)N1c1ccc(F)cc1. The molecule has 2 aliphatic carbocycles. The lowest BCUT2D eigenvalue weighted by Gasteiger charge is -2.28. The highest BCUT2D eigenvalue weighted by atomic mass is 79.9. The third-order valence-electron chi connectivity index (χ3n) is 5.07. The largest absolute Gasteiger partial charge is 0.274 e. The fraction of sp³-hybridized carbons (Fsp3) is 0.467. The van der Waals surface area contributed by atoms with Gasteiger partial charge in [0.15, 0.2) is 0 Å². The maximum atomic E-state index is 13.0. The molecule has 110 valence electrons. The van der Waals surface area contributed by atoms with Crippen LogP contribution in [0.1, 0.15) is 6.42 Å². The Morgan fingerprint density at radius 3 is 1.90 bits per heavy atom. The Kier molecular flexibility index (Phi) is 3.05. The Hall–Kier alpha value is -0.750. The van der Waals surface area contributed by atoms with Crippen LogP contribution in [0.4, 0.5) is 10.1 Å². The van der Waals surface area contributed by atoms with Crippen LogP contribution in [-0.4, -0.2) is 21.5 Å². The van der Waals surface area contributed by atoms with Gasteiger partial charge in [-0.3, -0.25) is 14.5 Å². The van der Waals surface area contributed by atoms with Gasteiger partial charge in [0.2, 0.25) is 11.8 Å². The van der Waals surface area contributed by atoms with Crippen molar-refractivity contribution in [3.05, 3.63) is 30.1 Å². The maximum Gasteiger partial charge on any atom is 0.238 e. The summed E-state index contributed by atoms with van der Waals surface area (Å²) in [6.07, 6.45) is 0.913. The smallest absolute Gasteiger partial charge is 0.238 e. The first-order chi connectivity index (χ1) is 10.0. The van der Waals surface area contributed by atoms with Crippen molar-refractivity contribution >= 4 is 49.4 Å². The first-order valence-corrected chi connectivity index (χ1v) is 8.75. The van der Waals surface area contributed by atoms with Crippen molar-refractivity contribution in [3.63, 3.8) is 0 Å². The molecule has 2 bridgehead atoms. The van der Waals surface area contributed by atoms with Crippen molar-refractivity contribution in [2.24, 2.45) is 23.7 Å². The van der Waals surface area contributed by atoms with Crippen LogP contribution in [-0.2, 0) is 9.59 Å². The molecule has 21 heavy (non-hydrogen) atoms. The van der Waals surface area contributed by atoms with Gasteiger partial charge in [-0.05, 0) is 42.5 Å². The lowest BCUT2D eigenvalue weighted by atomic mass is 9.81. The molecule has 1 aromatic carbocycles. The second-order valence-electron chi connectivity index (χ2n) is 5.99. The van der Waals surface area contributed by atoms with Gasteiger partial charge in [0.05, 0.1) is 17.5 Å². The first kappa shape index (κ1) is 13.9. The van der Waals surface area contributed by atoms with Gasteiger partial charge in [0, 0.05) is 9.65 Å². The summed E-state index contributed by atoms with van der Waals surface area (Å²) in [4.78, 5) is 27.1. The Labute approximate surface area is 138 Å². The summed E-state index contributed by atoms with van der Waals surface area (Å²) in [7, 11) is 0. The van der Waals surface area contributed by atoms with E-state index in [0.717, 1.165) is 6.42 Å². The van der Waals surface area contributed by atoms with Gasteiger partial charge < -0.3 is 0 Å². The lowest BCUT2D eigenvalue weighted by Crippen LogP contribution is -2.37. The molecule has 1 heterocycles. The van der Waals surface area contributed by atoms with Crippen LogP contribution in [0.2, 0.25) is 0 Å². The van der Waals surface area contributed by atoms with Crippen LogP contribution in [0.5, 0.6) is 0 Å².